The van der Waals surface area contributed by atoms with E-state index in [1.165, 1.54) is 5.69 Å². The maximum Gasteiger partial charge on any atom is 0.179 e. The Morgan fingerprint density at radius 2 is 2.04 bits per heavy atom. The maximum atomic E-state index is 4.91. The number of allylic oxidation sites excluding steroid dienone is 1. The van der Waals surface area contributed by atoms with E-state index in [0.717, 1.165) is 52.3 Å². The lowest BCUT2D eigenvalue weighted by atomic mass is 10.2. The van der Waals surface area contributed by atoms with Crippen LogP contribution < -0.4 is 5.43 Å². The Morgan fingerprint density at radius 1 is 1.15 bits per heavy atom. The van der Waals surface area contributed by atoms with Crippen LogP contribution in [0.3, 0.4) is 0 Å². The summed E-state index contributed by atoms with van der Waals surface area (Å²) in [6.45, 7) is 6.17. The topological polar surface area (TPSA) is 70.2 Å². The Hall–Kier alpha value is -3.22. The molecule has 3 aromatic rings. The molecule has 2 aliphatic rings. The highest BCUT2D eigenvalue weighted by molar-refractivity contribution is 5.95. The first-order valence-electron chi connectivity index (χ1n) is 9.17. The fraction of sp³-hybridized carbons (Fsp3) is 0.300. The molecule has 3 aromatic heterocycles. The summed E-state index contributed by atoms with van der Waals surface area (Å²) in [6, 6.07) is 6.07. The van der Waals surface area contributed by atoms with Crippen LogP contribution in [-0.2, 0) is 6.42 Å². The lowest BCUT2D eigenvalue weighted by Crippen LogP contribution is -2.43. The van der Waals surface area contributed by atoms with Crippen molar-refractivity contribution in [3.05, 3.63) is 53.9 Å². The number of hydrogen-bond acceptors (Lipinski definition) is 6. The van der Waals surface area contributed by atoms with Crippen LogP contribution in [0, 0.1) is 6.92 Å². The SMILES string of the molecule is CC1=CN=C(C)C2N=C(CCc3nc4c5cccnc5ccn4c3C)NN12. The zero-order valence-electron chi connectivity index (χ0n) is 15.6. The number of aliphatic imine (C=N–C) groups is 2. The fourth-order valence-electron chi connectivity index (χ4n) is 3.73. The van der Waals surface area contributed by atoms with Gasteiger partial charge >= 0.3 is 0 Å². The molecule has 0 bridgehead atoms. The Labute approximate surface area is 157 Å². The van der Waals surface area contributed by atoms with E-state index in [2.05, 4.69) is 44.0 Å². The van der Waals surface area contributed by atoms with Crippen molar-refractivity contribution in [3.8, 4) is 0 Å². The number of aryl methyl sites for hydroxylation is 2. The summed E-state index contributed by atoms with van der Waals surface area (Å²) < 4.78 is 2.15. The quantitative estimate of drug-likeness (QED) is 0.780. The van der Waals surface area contributed by atoms with Crippen molar-refractivity contribution in [1.82, 2.24) is 24.8 Å². The van der Waals surface area contributed by atoms with Gasteiger partial charge in [0.15, 0.2) is 6.17 Å². The number of rotatable bonds is 3. The molecule has 0 amide bonds. The van der Waals surface area contributed by atoms with Crippen molar-refractivity contribution in [1.29, 1.82) is 0 Å². The first-order valence-corrected chi connectivity index (χ1v) is 9.17. The highest BCUT2D eigenvalue weighted by Crippen LogP contribution is 2.23. The van der Waals surface area contributed by atoms with Crippen LogP contribution in [-0.4, -0.2) is 37.1 Å². The normalized spacial score (nSPS) is 19.0. The highest BCUT2D eigenvalue weighted by atomic mass is 15.6. The molecule has 0 aliphatic carbocycles. The average molecular weight is 359 g/mol. The smallest absolute Gasteiger partial charge is 0.179 e. The van der Waals surface area contributed by atoms with Gasteiger partial charge in [-0.2, -0.15) is 0 Å². The number of nitrogens with one attached hydrogen (secondary N) is 1. The molecule has 27 heavy (non-hydrogen) atoms. The molecule has 1 N–H and O–H groups in total. The van der Waals surface area contributed by atoms with E-state index in [4.69, 9.17) is 9.98 Å². The van der Waals surface area contributed by atoms with Crippen LogP contribution in [0.2, 0.25) is 0 Å². The summed E-state index contributed by atoms with van der Waals surface area (Å²) in [4.78, 5) is 18.6. The van der Waals surface area contributed by atoms with Gasteiger partial charge < -0.3 is 4.40 Å². The van der Waals surface area contributed by atoms with Crippen molar-refractivity contribution in [2.24, 2.45) is 9.98 Å². The van der Waals surface area contributed by atoms with Crippen LogP contribution in [0.5, 0.6) is 0 Å². The van der Waals surface area contributed by atoms with Crippen molar-refractivity contribution in [2.45, 2.75) is 39.8 Å². The molecule has 136 valence electrons. The summed E-state index contributed by atoms with van der Waals surface area (Å²) in [6.07, 6.45) is 7.37. The van der Waals surface area contributed by atoms with Crippen LogP contribution in [0.1, 0.15) is 31.7 Å². The monoisotopic (exact) mass is 359 g/mol. The predicted octanol–water partition coefficient (Wildman–Crippen LogP) is 3.00. The van der Waals surface area contributed by atoms with Gasteiger partial charge in [-0.05, 0) is 45.4 Å². The van der Waals surface area contributed by atoms with Gasteiger partial charge in [-0.3, -0.25) is 20.4 Å². The summed E-state index contributed by atoms with van der Waals surface area (Å²) >= 11 is 0. The maximum absolute atomic E-state index is 4.91. The van der Waals surface area contributed by atoms with Crippen molar-refractivity contribution < 1.29 is 0 Å². The third-order valence-corrected chi connectivity index (χ3v) is 5.29. The predicted molar refractivity (Wildman–Crippen MR) is 107 cm³/mol. The number of pyridine rings is 2. The highest BCUT2D eigenvalue weighted by Gasteiger charge is 2.30. The Bertz CT molecular complexity index is 1150. The van der Waals surface area contributed by atoms with Crippen LogP contribution in [0.4, 0.5) is 0 Å². The van der Waals surface area contributed by atoms with Gasteiger partial charge in [-0.15, -0.1) is 0 Å². The van der Waals surface area contributed by atoms with E-state index in [0.29, 0.717) is 0 Å². The van der Waals surface area contributed by atoms with E-state index in [9.17, 15) is 0 Å². The lowest BCUT2D eigenvalue weighted by Gasteiger charge is -2.27. The molecule has 5 heterocycles. The first-order chi connectivity index (χ1) is 13.1. The molecule has 7 nitrogen and oxygen atoms in total. The fourth-order valence-corrected chi connectivity index (χ4v) is 3.73. The molecule has 0 fully saturated rings. The van der Waals surface area contributed by atoms with Gasteiger partial charge in [0.1, 0.15) is 11.5 Å². The van der Waals surface area contributed by atoms with Gasteiger partial charge in [0.2, 0.25) is 0 Å². The second-order valence-electron chi connectivity index (χ2n) is 7.06. The van der Waals surface area contributed by atoms with Crippen molar-refractivity contribution in [2.75, 3.05) is 0 Å². The molecular formula is C20H21N7. The zero-order valence-corrected chi connectivity index (χ0v) is 15.6. The van der Waals surface area contributed by atoms with Gasteiger partial charge in [0.05, 0.1) is 22.6 Å². The van der Waals surface area contributed by atoms with Crippen LogP contribution in [0.15, 0.2) is 52.5 Å². The third kappa shape index (κ3) is 2.50. The minimum absolute atomic E-state index is 0.0258. The van der Waals surface area contributed by atoms with E-state index < -0.39 is 0 Å². The molecule has 0 radical (unpaired) electrons. The number of amidine groups is 1. The second-order valence-corrected chi connectivity index (χ2v) is 7.06. The standard InChI is InChI=1S/C20H21N7/c1-12-11-22-13(2)19-24-18(25-27(12)19)7-6-16-14(3)26-10-8-17-15(20(26)23-16)5-4-9-21-17/h4-5,8-11,19H,6-7H2,1-3H3,(H,24,25). The van der Waals surface area contributed by atoms with Gasteiger partial charge in [0.25, 0.3) is 0 Å². The van der Waals surface area contributed by atoms with Crippen molar-refractivity contribution >= 4 is 28.1 Å². The Balaban J connectivity index is 1.42. The largest absolute Gasteiger partial charge is 0.303 e. The average Bonchev–Trinajstić information content (AvgIpc) is 3.26. The number of hydrogen-bond donors (Lipinski definition) is 1. The van der Waals surface area contributed by atoms with E-state index in [1.807, 2.05) is 38.4 Å². The number of aromatic nitrogens is 3. The molecule has 2 aliphatic heterocycles. The third-order valence-electron chi connectivity index (χ3n) is 5.29. The number of imidazole rings is 1. The molecule has 0 aromatic carbocycles. The van der Waals surface area contributed by atoms with Gasteiger partial charge in [0, 0.05) is 36.1 Å². The van der Waals surface area contributed by atoms with Crippen molar-refractivity contribution in [3.63, 3.8) is 0 Å². The second kappa shape index (κ2) is 5.90. The first kappa shape index (κ1) is 16.0. The number of fused-ring (bicyclic) bond motifs is 4. The molecule has 5 rings (SSSR count). The molecule has 0 saturated carbocycles. The summed E-state index contributed by atoms with van der Waals surface area (Å²) in [5.74, 6) is 0.979. The minimum atomic E-state index is -0.0258. The van der Waals surface area contributed by atoms with E-state index in [-0.39, 0.29) is 6.17 Å². The number of nitrogens with zero attached hydrogens (tertiary/aromatic N) is 6. The molecule has 0 spiro atoms. The van der Waals surface area contributed by atoms with Crippen LogP contribution >= 0.6 is 0 Å². The Morgan fingerprint density at radius 3 is 2.89 bits per heavy atom. The molecule has 1 unspecified atom stereocenters. The van der Waals surface area contributed by atoms with E-state index in [1.54, 1.807) is 0 Å². The summed E-state index contributed by atoms with van der Waals surface area (Å²) in [5, 5.41) is 3.16. The minimum Gasteiger partial charge on any atom is -0.303 e. The summed E-state index contributed by atoms with van der Waals surface area (Å²) in [7, 11) is 0. The molecular weight excluding hydrogens is 338 g/mol. The van der Waals surface area contributed by atoms with Gasteiger partial charge in [-0.25, -0.2) is 9.98 Å². The number of hydrazine groups is 1. The lowest BCUT2D eigenvalue weighted by molar-refractivity contribution is 0.294. The molecule has 1 atom stereocenters. The molecule has 0 saturated heterocycles. The zero-order chi connectivity index (χ0) is 18.5. The van der Waals surface area contributed by atoms with Crippen LogP contribution in [0.25, 0.3) is 16.6 Å². The summed E-state index contributed by atoms with van der Waals surface area (Å²) in [5.41, 5.74) is 9.70. The Kier molecular flexibility index (Phi) is 3.50. The van der Waals surface area contributed by atoms with E-state index >= 15 is 0 Å². The molecule has 7 heteroatoms. The van der Waals surface area contributed by atoms with Gasteiger partial charge in [-0.1, -0.05) is 0 Å².